The van der Waals surface area contributed by atoms with Gasteiger partial charge in [0, 0.05) is 30.2 Å². The Hall–Kier alpha value is -1.98. The van der Waals surface area contributed by atoms with Gasteiger partial charge >= 0.3 is 0 Å². The Morgan fingerprint density at radius 1 is 1.25 bits per heavy atom. The van der Waals surface area contributed by atoms with Crippen LogP contribution in [0.4, 0.5) is 0 Å². The van der Waals surface area contributed by atoms with E-state index in [1.54, 1.807) is 16.7 Å². The molecule has 5 heteroatoms. The highest BCUT2D eigenvalue weighted by Gasteiger charge is 2.24. The minimum atomic E-state index is 0.0243. The number of likely N-dealkylation sites (tertiary alicyclic amines) is 1. The van der Waals surface area contributed by atoms with Gasteiger partial charge in [-0.3, -0.25) is 14.1 Å². The number of rotatable bonds is 5. The molecular formula is C19H21N3OS. The smallest absolute Gasteiger partial charge is 0.258 e. The molecule has 4 rings (SSSR count). The van der Waals surface area contributed by atoms with Crippen LogP contribution in [0.5, 0.6) is 0 Å². The number of fused-ring (bicyclic) bond motifs is 1. The molecule has 0 spiro atoms. The molecular weight excluding hydrogens is 318 g/mol. The molecule has 1 aliphatic heterocycles. The summed E-state index contributed by atoms with van der Waals surface area (Å²) in [6, 6.07) is 13.0. The van der Waals surface area contributed by atoms with Crippen molar-refractivity contribution in [2.24, 2.45) is 0 Å². The zero-order valence-electron chi connectivity index (χ0n) is 13.6. The maximum atomic E-state index is 12.1. The van der Waals surface area contributed by atoms with Gasteiger partial charge in [0.1, 0.15) is 0 Å². The molecule has 3 heterocycles. The third kappa shape index (κ3) is 3.28. The fraction of sp³-hybridized carbons (Fsp3) is 0.368. The summed E-state index contributed by atoms with van der Waals surface area (Å²) in [5, 5.41) is 1.91. The van der Waals surface area contributed by atoms with Gasteiger partial charge in [-0.05, 0) is 37.8 Å². The van der Waals surface area contributed by atoms with Crippen molar-refractivity contribution in [2.45, 2.75) is 38.3 Å². The molecule has 0 amide bonds. The van der Waals surface area contributed by atoms with Crippen molar-refractivity contribution in [2.75, 3.05) is 6.54 Å². The molecule has 0 N–H and O–H groups in total. The van der Waals surface area contributed by atoms with Gasteiger partial charge in [-0.15, -0.1) is 11.3 Å². The molecule has 1 aromatic carbocycles. The monoisotopic (exact) mass is 339 g/mol. The number of benzene rings is 1. The van der Waals surface area contributed by atoms with Crippen LogP contribution in [-0.2, 0) is 13.0 Å². The highest BCUT2D eigenvalue weighted by molar-refractivity contribution is 7.15. The van der Waals surface area contributed by atoms with Gasteiger partial charge < -0.3 is 0 Å². The average molecular weight is 339 g/mol. The first-order valence-electron chi connectivity index (χ1n) is 8.53. The summed E-state index contributed by atoms with van der Waals surface area (Å²) < 4.78 is 1.62. The normalized spacial score (nSPS) is 18.4. The predicted molar refractivity (Wildman–Crippen MR) is 97.5 cm³/mol. The van der Waals surface area contributed by atoms with Gasteiger partial charge in [0.05, 0.1) is 5.69 Å². The van der Waals surface area contributed by atoms with Gasteiger partial charge in [0.2, 0.25) is 0 Å². The molecule has 1 atom stereocenters. The van der Waals surface area contributed by atoms with Gasteiger partial charge in [-0.2, -0.15) is 0 Å². The maximum absolute atomic E-state index is 12.1. The van der Waals surface area contributed by atoms with Crippen molar-refractivity contribution in [1.29, 1.82) is 0 Å². The summed E-state index contributed by atoms with van der Waals surface area (Å²) in [4.78, 5) is 20.1. The van der Waals surface area contributed by atoms with Crippen molar-refractivity contribution in [3.05, 3.63) is 69.6 Å². The fourth-order valence-corrected chi connectivity index (χ4v) is 4.32. The van der Waals surface area contributed by atoms with E-state index in [1.165, 1.54) is 36.2 Å². The maximum Gasteiger partial charge on any atom is 0.258 e. The lowest BCUT2D eigenvalue weighted by molar-refractivity contribution is 0.232. The third-order valence-corrected chi connectivity index (χ3v) is 5.59. The third-order valence-electron chi connectivity index (χ3n) is 4.83. The molecule has 3 aromatic rings. The number of thiazole rings is 1. The van der Waals surface area contributed by atoms with E-state index < -0.39 is 0 Å². The molecule has 1 saturated heterocycles. The lowest BCUT2D eigenvalue weighted by atomic mass is 10.0. The molecule has 0 saturated carbocycles. The van der Waals surface area contributed by atoms with E-state index in [4.69, 9.17) is 0 Å². The Morgan fingerprint density at radius 2 is 2.12 bits per heavy atom. The second-order valence-electron chi connectivity index (χ2n) is 6.43. The fourth-order valence-electron chi connectivity index (χ4n) is 3.59. The largest absolute Gasteiger partial charge is 0.295 e. The first kappa shape index (κ1) is 15.5. The van der Waals surface area contributed by atoms with E-state index in [9.17, 15) is 4.79 Å². The SMILES string of the molecule is O=c1cc(CN2CCC[C@H]2CCc2ccccc2)nc2sccn12. The highest BCUT2D eigenvalue weighted by atomic mass is 32.1. The van der Waals surface area contributed by atoms with Gasteiger partial charge in [0.15, 0.2) is 4.96 Å². The van der Waals surface area contributed by atoms with Crippen molar-refractivity contribution in [3.63, 3.8) is 0 Å². The summed E-state index contributed by atoms with van der Waals surface area (Å²) in [5.74, 6) is 0. The molecule has 0 radical (unpaired) electrons. The van der Waals surface area contributed by atoms with E-state index in [2.05, 4.69) is 40.2 Å². The van der Waals surface area contributed by atoms with E-state index in [0.29, 0.717) is 6.04 Å². The predicted octanol–water partition coefficient (Wildman–Crippen LogP) is 3.35. The minimum Gasteiger partial charge on any atom is -0.295 e. The number of hydrogen-bond acceptors (Lipinski definition) is 4. The summed E-state index contributed by atoms with van der Waals surface area (Å²) in [5.41, 5.74) is 2.33. The minimum absolute atomic E-state index is 0.0243. The van der Waals surface area contributed by atoms with Crippen LogP contribution in [0.25, 0.3) is 4.96 Å². The molecule has 1 aliphatic rings. The quantitative estimate of drug-likeness (QED) is 0.715. The van der Waals surface area contributed by atoms with Gasteiger partial charge in [-0.1, -0.05) is 30.3 Å². The van der Waals surface area contributed by atoms with Crippen LogP contribution in [0.2, 0.25) is 0 Å². The molecule has 2 aromatic heterocycles. The lowest BCUT2D eigenvalue weighted by Crippen LogP contribution is -2.30. The van der Waals surface area contributed by atoms with Crippen molar-refractivity contribution in [3.8, 4) is 0 Å². The molecule has 1 fully saturated rings. The molecule has 24 heavy (non-hydrogen) atoms. The lowest BCUT2D eigenvalue weighted by Gasteiger charge is -2.24. The number of nitrogens with zero attached hydrogens (tertiary/aromatic N) is 3. The average Bonchev–Trinajstić information content (AvgIpc) is 3.23. The van der Waals surface area contributed by atoms with E-state index in [-0.39, 0.29) is 5.56 Å². The van der Waals surface area contributed by atoms with Crippen LogP contribution < -0.4 is 5.56 Å². The standard InChI is InChI=1S/C19H21N3OS/c23-18-13-16(20-19-22(18)11-12-24-19)14-21-10-4-7-17(21)9-8-15-5-2-1-3-6-15/h1-3,5-6,11-13,17H,4,7-10,14H2/t17-/m0/s1. The topological polar surface area (TPSA) is 37.6 Å². The molecule has 0 bridgehead atoms. The van der Waals surface area contributed by atoms with E-state index in [0.717, 1.165) is 30.2 Å². The van der Waals surface area contributed by atoms with E-state index >= 15 is 0 Å². The Labute approximate surface area is 145 Å². The zero-order chi connectivity index (χ0) is 16.4. The Morgan fingerprint density at radius 3 is 3.00 bits per heavy atom. The first-order chi connectivity index (χ1) is 11.8. The summed E-state index contributed by atoms with van der Waals surface area (Å²) in [6.45, 7) is 1.88. The van der Waals surface area contributed by atoms with Crippen LogP contribution >= 0.6 is 11.3 Å². The van der Waals surface area contributed by atoms with E-state index in [1.807, 2.05) is 5.38 Å². The summed E-state index contributed by atoms with van der Waals surface area (Å²) in [6.07, 6.45) is 6.55. The number of aromatic nitrogens is 2. The number of hydrogen-bond donors (Lipinski definition) is 0. The van der Waals surface area contributed by atoms with Crippen LogP contribution in [0.15, 0.2) is 52.8 Å². The van der Waals surface area contributed by atoms with Gasteiger partial charge in [0.25, 0.3) is 5.56 Å². The van der Waals surface area contributed by atoms with Crippen LogP contribution in [-0.4, -0.2) is 26.9 Å². The highest BCUT2D eigenvalue weighted by Crippen LogP contribution is 2.23. The number of aryl methyl sites for hydroxylation is 1. The summed E-state index contributed by atoms with van der Waals surface area (Å²) in [7, 11) is 0. The van der Waals surface area contributed by atoms with Crippen molar-refractivity contribution < 1.29 is 0 Å². The second kappa shape index (κ2) is 6.87. The molecule has 4 nitrogen and oxygen atoms in total. The van der Waals surface area contributed by atoms with Crippen molar-refractivity contribution >= 4 is 16.3 Å². The summed E-state index contributed by atoms with van der Waals surface area (Å²) >= 11 is 1.52. The second-order valence-corrected chi connectivity index (χ2v) is 7.31. The van der Waals surface area contributed by atoms with Crippen LogP contribution in [0.1, 0.15) is 30.5 Å². The van der Waals surface area contributed by atoms with Gasteiger partial charge in [-0.25, -0.2) is 4.98 Å². The Bertz CT molecular complexity index is 871. The Balaban J connectivity index is 1.45. The molecule has 124 valence electrons. The zero-order valence-corrected chi connectivity index (χ0v) is 14.4. The molecule has 0 unspecified atom stereocenters. The molecule has 0 aliphatic carbocycles. The van der Waals surface area contributed by atoms with Crippen LogP contribution in [0, 0.1) is 0 Å². The first-order valence-corrected chi connectivity index (χ1v) is 9.41. The van der Waals surface area contributed by atoms with Crippen LogP contribution in [0.3, 0.4) is 0 Å². The Kier molecular flexibility index (Phi) is 4.45. The van der Waals surface area contributed by atoms with Crippen molar-refractivity contribution in [1.82, 2.24) is 14.3 Å².